The lowest BCUT2D eigenvalue weighted by Gasteiger charge is -2.25. The maximum Gasteiger partial charge on any atom is 0.239 e. The van der Waals surface area contributed by atoms with Crippen LogP contribution in [0, 0.1) is 0 Å². The lowest BCUT2D eigenvalue weighted by molar-refractivity contribution is -0.132. The van der Waals surface area contributed by atoms with Crippen LogP contribution in [0.4, 0.5) is 0 Å². The summed E-state index contributed by atoms with van der Waals surface area (Å²) in [5.74, 6) is 0.133. The quantitative estimate of drug-likeness (QED) is 0.776. The van der Waals surface area contributed by atoms with Gasteiger partial charge in [-0.25, -0.2) is 0 Å². The van der Waals surface area contributed by atoms with Gasteiger partial charge < -0.3 is 20.8 Å². The fourth-order valence-corrected chi connectivity index (χ4v) is 2.69. The normalized spacial score (nSPS) is 24.4. The van der Waals surface area contributed by atoms with Crippen LogP contribution in [0.2, 0.25) is 0 Å². The van der Waals surface area contributed by atoms with Gasteiger partial charge in [-0.05, 0) is 50.3 Å². The average Bonchev–Trinajstić information content (AvgIpc) is 2.61. The van der Waals surface area contributed by atoms with Gasteiger partial charge in [0.2, 0.25) is 5.91 Å². The summed E-state index contributed by atoms with van der Waals surface area (Å²) in [7, 11) is 0. The molecule has 1 unspecified atom stereocenters. The third-order valence-corrected chi connectivity index (χ3v) is 4.08. The highest BCUT2D eigenvalue weighted by Gasteiger charge is 2.29. The standard InChI is InChI=1S/C16H24N2O3/c1-16(21)7-2-9-18(10-8-16)15(20)14(17)11-12-3-5-13(19)6-4-12/h3-6,14,19,21H,2,7-11,17H2,1H3/t14-,16?/m0/s1. The van der Waals surface area contributed by atoms with Crippen LogP contribution in [-0.2, 0) is 11.2 Å². The number of nitrogens with two attached hydrogens (primary N) is 1. The zero-order chi connectivity index (χ0) is 15.5. The fourth-order valence-electron chi connectivity index (χ4n) is 2.69. The number of rotatable bonds is 3. The minimum atomic E-state index is -0.684. The van der Waals surface area contributed by atoms with E-state index >= 15 is 0 Å². The number of phenolic OH excluding ortho intramolecular Hbond substituents is 1. The number of benzene rings is 1. The van der Waals surface area contributed by atoms with Crippen molar-refractivity contribution >= 4 is 5.91 Å². The molecule has 5 heteroatoms. The number of amides is 1. The van der Waals surface area contributed by atoms with E-state index in [1.54, 1.807) is 29.2 Å². The van der Waals surface area contributed by atoms with Gasteiger partial charge in [0.05, 0.1) is 11.6 Å². The maximum absolute atomic E-state index is 12.4. The zero-order valence-electron chi connectivity index (χ0n) is 12.5. The number of hydrogen-bond acceptors (Lipinski definition) is 4. The highest BCUT2D eigenvalue weighted by atomic mass is 16.3. The van der Waals surface area contributed by atoms with Crippen molar-refractivity contribution in [3.05, 3.63) is 29.8 Å². The summed E-state index contributed by atoms with van der Waals surface area (Å²) in [6.45, 7) is 3.02. The second-order valence-electron chi connectivity index (χ2n) is 6.15. The number of phenols is 1. The summed E-state index contributed by atoms with van der Waals surface area (Å²) in [5.41, 5.74) is 6.26. The molecule has 0 spiro atoms. The second-order valence-corrected chi connectivity index (χ2v) is 6.15. The molecule has 1 heterocycles. The predicted octanol–water partition coefficient (Wildman–Crippen LogP) is 1.03. The van der Waals surface area contributed by atoms with E-state index in [1.165, 1.54) is 0 Å². The Labute approximate surface area is 125 Å². The first-order valence-electron chi connectivity index (χ1n) is 7.42. The van der Waals surface area contributed by atoms with Gasteiger partial charge in [-0.2, -0.15) is 0 Å². The molecule has 21 heavy (non-hydrogen) atoms. The molecule has 5 nitrogen and oxygen atoms in total. The van der Waals surface area contributed by atoms with E-state index < -0.39 is 11.6 Å². The van der Waals surface area contributed by atoms with Crippen LogP contribution in [0.3, 0.4) is 0 Å². The van der Waals surface area contributed by atoms with E-state index in [-0.39, 0.29) is 11.7 Å². The number of likely N-dealkylation sites (tertiary alicyclic amines) is 1. The Morgan fingerprint density at radius 1 is 1.33 bits per heavy atom. The van der Waals surface area contributed by atoms with Gasteiger partial charge in [-0.1, -0.05) is 12.1 Å². The van der Waals surface area contributed by atoms with Crippen molar-refractivity contribution in [3.8, 4) is 5.75 Å². The fraction of sp³-hybridized carbons (Fsp3) is 0.562. The molecule has 2 atom stereocenters. The first-order chi connectivity index (χ1) is 9.87. The van der Waals surface area contributed by atoms with Gasteiger partial charge in [-0.3, -0.25) is 4.79 Å². The Balaban J connectivity index is 1.94. The van der Waals surface area contributed by atoms with E-state index in [2.05, 4.69) is 0 Å². The molecule has 0 aromatic heterocycles. The molecule has 1 aromatic rings. The summed E-state index contributed by atoms with van der Waals surface area (Å²) in [5, 5.41) is 19.3. The molecule has 1 aromatic carbocycles. The molecule has 1 aliphatic heterocycles. The Morgan fingerprint density at radius 2 is 2.00 bits per heavy atom. The van der Waals surface area contributed by atoms with Gasteiger partial charge in [-0.15, -0.1) is 0 Å². The van der Waals surface area contributed by atoms with Gasteiger partial charge in [0, 0.05) is 13.1 Å². The Bertz CT molecular complexity index is 485. The number of aromatic hydroxyl groups is 1. The highest BCUT2D eigenvalue weighted by molar-refractivity contribution is 5.82. The molecule has 2 rings (SSSR count). The number of carbonyl (C=O) groups excluding carboxylic acids is 1. The molecule has 1 saturated heterocycles. The maximum atomic E-state index is 12.4. The van der Waals surface area contributed by atoms with Gasteiger partial charge in [0.25, 0.3) is 0 Å². The zero-order valence-corrected chi connectivity index (χ0v) is 12.5. The molecule has 1 fully saturated rings. The van der Waals surface area contributed by atoms with Crippen molar-refractivity contribution in [2.24, 2.45) is 5.73 Å². The smallest absolute Gasteiger partial charge is 0.239 e. The number of hydrogen-bond donors (Lipinski definition) is 3. The summed E-state index contributed by atoms with van der Waals surface area (Å²) in [6, 6.07) is 6.15. The van der Waals surface area contributed by atoms with Gasteiger partial charge in [0.15, 0.2) is 0 Å². The van der Waals surface area contributed by atoms with E-state index in [0.717, 1.165) is 12.0 Å². The van der Waals surface area contributed by atoms with E-state index in [1.807, 2.05) is 6.92 Å². The van der Waals surface area contributed by atoms with Crippen molar-refractivity contribution < 1.29 is 15.0 Å². The van der Waals surface area contributed by atoms with Crippen molar-refractivity contribution in [2.45, 2.75) is 44.2 Å². The summed E-state index contributed by atoms with van der Waals surface area (Å²) >= 11 is 0. The average molecular weight is 292 g/mol. The van der Waals surface area contributed by atoms with Crippen LogP contribution in [0.15, 0.2) is 24.3 Å². The van der Waals surface area contributed by atoms with Crippen LogP contribution < -0.4 is 5.73 Å². The van der Waals surface area contributed by atoms with E-state index in [9.17, 15) is 15.0 Å². The molecule has 0 aliphatic carbocycles. The highest BCUT2D eigenvalue weighted by Crippen LogP contribution is 2.22. The van der Waals surface area contributed by atoms with Crippen molar-refractivity contribution in [3.63, 3.8) is 0 Å². The first kappa shape index (κ1) is 15.8. The molecule has 4 N–H and O–H groups in total. The molecular formula is C16H24N2O3. The minimum absolute atomic E-state index is 0.0687. The Hall–Kier alpha value is -1.59. The largest absolute Gasteiger partial charge is 0.508 e. The lowest BCUT2D eigenvalue weighted by atomic mass is 9.98. The third-order valence-electron chi connectivity index (χ3n) is 4.08. The number of nitrogens with zero attached hydrogens (tertiary/aromatic N) is 1. The summed E-state index contributed by atoms with van der Waals surface area (Å²) in [4.78, 5) is 14.2. The first-order valence-corrected chi connectivity index (χ1v) is 7.42. The van der Waals surface area contributed by atoms with Crippen LogP contribution in [0.1, 0.15) is 31.7 Å². The predicted molar refractivity (Wildman–Crippen MR) is 80.8 cm³/mol. The van der Waals surface area contributed by atoms with Crippen LogP contribution in [-0.4, -0.2) is 45.8 Å². The summed E-state index contributed by atoms with van der Waals surface area (Å²) < 4.78 is 0. The van der Waals surface area contributed by atoms with Gasteiger partial charge >= 0.3 is 0 Å². The molecule has 0 saturated carbocycles. The Kier molecular flexibility index (Phi) is 4.85. The third kappa shape index (κ3) is 4.44. The lowest BCUT2D eigenvalue weighted by Crippen LogP contribution is -2.45. The molecule has 116 valence electrons. The van der Waals surface area contributed by atoms with Crippen LogP contribution in [0.5, 0.6) is 5.75 Å². The summed E-state index contributed by atoms with van der Waals surface area (Å²) in [6.07, 6.45) is 2.55. The van der Waals surface area contributed by atoms with Crippen molar-refractivity contribution in [1.29, 1.82) is 0 Å². The molecule has 0 bridgehead atoms. The van der Waals surface area contributed by atoms with Gasteiger partial charge in [0.1, 0.15) is 5.75 Å². The second kappa shape index (κ2) is 6.45. The topological polar surface area (TPSA) is 86.8 Å². The SMILES string of the molecule is CC1(O)CCCN(C(=O)[C@@H](N)Cc2ccc(O)cc2)CC1. The van der Waals surface area contributed by atoms with Crippen LogP contribution >= 0.6 is 0 Å². The van der Waals surface area contributed by atoms with Crippen LogP contribution in [0.25, 0.3) is 0 Å². The molecule has 0 radical (unpaired) electrons. The molecule has 1 aliphatic rings. The molecule has 1 amide bonds. The number of carbonyl (C=O) groups is 1. The van der Waals surface area contributed by atoms with E-state index in [0.29, 0.717) is 32.4 Å². The van der Waals surface area contributed by atoms with Crippen molar-refractivity contribution in [1.82, 2.24) is 4.90 Å². The minimum Gasteiger partial charge on any atom is -0.508 e. The monoisotopic (exact) mass is 292 g/mol. The van der Waals surface area contributed by atoms with Crippen molar-refractivity contribution in [2.75, 3.05) is 13.1 Å². The Morgan fingerprint density at radius 3 is 2.67 bits per heavy atom. The number of aliphatic hydroxyl groups is 1. The van der Waals surface area contributed by atoms with E-state index in [4.69, 9.17) is 5.73 Å². The molecular weight excluding hydrogens is 268 g/mol.